The summed E-state index contributed by atoms with van der Waals surface area (Å²) in [5.74, 6) is 1.36. The Labute approximate surface area is 361 Å². The standard InChI is InChI=1S/C47H94N6O3Si2/c1-8-45(23-16-12-13-18-25-49-26-30-52-31-27-50-28-32-52)40-46(41-48)24-17-19-29-51-33-35-53(36-34-51)42-47(54)43-55-37-21-39-58(6,7)56-57(4,5)38-20-14-10-9-11-15-22-44(2)3/h8,12-13,44-47,49-50,54H,1,9-11,14-40,42-43H2,2-7H3/b13-12+. The van der Waals surface area contributed by atoms with Gasteiger partial charge >= 0.3 is 0 Å². The first-order valence-corrected chi connectivity index (χ1v) is 30.4. The molecule has 9 nitrogen and oxygen atoms in total. The molecule has 2 saturated heterocycles. The molecule has 0 amide bonds. The van der Waals surface area contributed by atoms with E-state index in [0.29, 0.717) is 25.7 Å². The molecular weight excluding hydrogens is 753 g/mol. The first-order chi connectivity index (χ1) is 27.9. The minimum absolute atomic E-state index is 0.113. The van der Waals surface area contributed by atoms with Crippen molar-refractivity contribution in [2.45, 2.75) is 155 Å². The lowest BCUT2D eigenvalue weighted by Gasteiger charge is -2.35. The molecule has 0 bridgehead atoms. The fourth-order valence-corrected chi connectivity index (χ4v) is 17.6. The minimum atomic E-state index is -1.71. The summed E-state index contributed by atoms with van der Waals surface area (Å²) in [6.45, 7) is 33.1. The third-order valence-corrected chi connectivity index (χ3v) is 19.8. The van der Waals surface area contributed by atoms with E-state index in [1.165, 1.54) is 51.0 Å². The number of nitrogens with one attached hydrogen (secondary N) is 2. The second kappa shape index (κ2) is 32.7. The van der Waals surface area contributed by atoms with Crippen LogP contribution in [0.3, 0.4) is 0 Å². The number of allylic oxidation sites excluding steroid dienone is 2. The number of unbranched alkanes of at least 4 members (excludes halogenated alkanes) is 6. The third kappa shape index (κ3) is 28.6. The van der Waals surface area contributed by atoms with Crippen molar-refractivity contribution in [1.82, 2.24) is 25.3 Å². The van der Waals surface area contributed by atoms with E-state index >= 15 is 0 Å². The molecule has 338 valence electrons. The van der Waals surface area contributed by atoms with E-state index in [1.807, 2.05) is 0 Å². The van der Waals surface area contributed by atoms with Crippen LogP contribution in [0.25, 0.3) is 0 Å². The molecule has 0 saturated carbocycles. The Morgan fingerprint density at radius 2 is 1.38 bits per heavy atom. The highest BCUT2D eigenvalue weighted by Crippen LogP contribution is 2.26. The summed E-state index contributed by atoms with van der Waals surface area (Å²) < 4.78 is 12.8. The van der Waals surface area contributed by atoms with Gasteiger partial charge in [-0.2, -0.15) is 5.26 Å². The van der Waals surface area contributed by atoms with Crippen LogP contribution in [0.5, 0.6) is 0 Å². The summed E-state index contributed by atoms with van der Waals surface area (Å²) in [7, 11) is -3.34. The molecule has 58 heavy (non-hydrogen) atoms. The zero-order valence-corrected chi connectivity index (χ0v) is 40.9. The van der Waals surface area contributed by atoms with E-state index in [1.54, 1.807) is 0 Å². The van der Waals surface area contributed by atoms with Gasteiger partial charge in [0.2, 0.25) is 0 Å². The Morgan fingerprint density at radius 1 is 0.759 bits per heavy atom. The van der Waals surface area contributed by atoms with Gasteiger partial charge in [-0.05, 0) is 108 Å². The number of hydrogen-bond donors (Lipinski definition) is 3. The van der Waals surface area contributed by atoms with Crippen LogP contribution in [0, 0.1) is 29.1 Å². The van der Waals surface area contributed by atoms with Gasteiger partial charge in [0.1, 0.15) is 0 Å². The zero-order valence-electron chi connectivity index (χ0n) is 38.9. The lowest BCUT2D eigenvalue weighted by atomic mass is 9.88. The predicted molar refractivity (Wildman–Crippen MR) is 254 cm³/mol. The van der Waals surface area contributed by atoms with Gasteiger partial charge in [-0.3, -0.25) is 9.80 Å². The number of hydrogen-bond acceptors (Lipinski definition) is 9. The number of aliphatic hydroxyl groups excluding tert-OH is 1. The SMILES string of the molecule is C=CC(CC/C=C/CCNCCN1CCNCC1)CC(C#N)CCCCN1CCN(CC(O)COCCC[Si](C)(C)O[Si](C)(C)CCCCCCCCC(C)C)CC1. The average Bonchev–Trinajstić information content (AvgIpc) is 3.18. The molecule has 11 heteroatoms. The van der Waals surface area contributed by atoms with Gasteiger partial charge < -0.3 is 29.5 Å². The number of aliphatic hydroxyl groups is 1. The monoisotopic (exact) mass is 847 g/mol. The fraction of sp³-hybridized carbons (Fsp3) is 0.894. The van der Waals surface area contributed by atoms with E-state index in [2.05, 4.69) is 96.2 Å². The number of ether oxygens (including phenoxy) is 1. The predicted octanol–water partition coefficient (Wildman–Crippen LogP) is 8.91. The number of nitriles is 1. The van der Waals surface area contributed by atoms with Gasteiger partial charge in [0.15, 0.2) is 16.6 Å². The van der Waals surface area contributed by atoms with Crippen LogP contribution >= 0.6 is 0 Å². The molecule has 2 aliphatic heterocycles. The molecule has 2 rings (SSSR count). The van der Waals surface area contributed by atoms with E-state index in [4.69, 9.17) is 8.85 Å². The van der Waals surface area contributed by atoms with Gasteiger partial charge in [0.25, 0.3) is 0 Å². The molecular formula is C47H94N6O3Si2. The summed E-state index contributed by atoms with van der Waals surface area (Å²) in [6.07, 6.45) is 24.2. The van der Waals surface area contributed by atoms with Crippen LogP contribution in [0.4, 0.5) is 0 Å². The van der Waals surface area contributed by atoms with Crippen LogP contribution < -0.4 is 10.6 Å². The molecule has 0 aromatic carbocycles. The zero-order chi connectivity index (χ0) is 42.3. The van der Waals surface area contributed by atoms with Crippen LogP contribution in [-0.4, -0.2) is 141 Å². The van der Waals surface area contributed by atoms with Gasteiger partial charge in [0.05, 0.1) is 18.8 Å². The van der Waals surface area contributed by atoms with Crippen molar-refractivity contribution >= 4 is 16.6 Å². The van der Waals surface area contributed by atoms with E-state index in [9.17, 15) is 10.4 Å². The van der Waals surface area contributed by atoms with Gasteiger partial charge in [-0.25, -0.2) is 0 Å². The number of rotatable bonds is 36. The largest absolute Gasteiger partial charge is 0.455 e. The number of β-amino-alcohol motifs (C(OH)–C–C–N with tert-alkyl or cyclic N) is 1. The summed E-state index contributed by atoms with van der Waals surface area (Å²) in [5.41, 5.74) is 0. The highest BCUT2D eigenvalue weighted by Gasteiger charge is 2.32. The second-order valence-corrected chi connectivity index (χ2v) is 28.2. The number of piperazine rings is 2. The van der Waals surface area contributed by atoms with Crippen molar-refractivity contribution in [2.24, 2.45) is 17.8 Å². The lowest BCUT2D eigenvalue weighted by Crippen LogP contribution is -2.49. The van der Waals surface area contributed by atoms with Gasteiger partial charge in [-0.15, -0.1) is 6.58 Å². The van der Waals surface area contributed by atoms with Crippen molar-refractivity contribution in [1.29, 1.82) is 5.26 Å². The normalized spacial score (nSPS) is 18.2. The fourth-order valence-electron chi connectivity index (χ4n) is 8.71. The first kappa shape index (κ1) is 53.2. The van der Waals surface area contributed by atoms with Crippen LogP contribution in [0.2, 0.25) is 38.3 Å². The quantitative estimate of drug-likeness (QED) is 0.0325. The van der Waals surface area contributed by atoms with Crippen molar-refractivity contribution in [3.63, 3.8) is 0 Å². The molecule has 0 aromatic heterocycles. The minimum Gasteiger partial charge on any atom is -0.455 e. The Kier molecular flexibility index (Phi) is 30.1. The first-order valence-electron chi connectivity index (χ1n) is 24.1. The Balaban J connectivity index is 1.45. The van der Waals surface area contributed by atoms with Gasteiger partial charge in [-0.1, -0.05) is 83.4 Å². The smallest absolute Gasteiger partial charge is 0.173 e. The van der Waals surface area contributed by atoms with Crippen LogP contribution in [-0.2, 0) is 8.85 Å². The van der Waals surface area contributed by atoms with Gasteiger partial charge in [0, 0.05) is 84.5 Å². The summed E-state index contributed by atoms with van der Waals surface area (Å²) in [5, 5.41) is 27.6. The average molecular weight is 847 g/mol. The van der Waals surface area contributed by atoms with Crippen molar-refractivity contribution in [3.8, 4) is 6.07 Å². The van der Waals surface area contributed by atoms with Crippen molar-refractivity contribution in [3.05, 3.63) is 24.8 Å². The van der Waals surface area contributed by atoms with Crippen LogP contribution in [0.1, 0.15) is 110 Å². The Hall–Kier alpha value is -0.916. The maximum absolute atomic E-state index is 10.7. The van der Waals surface area contributed by atoms with Crippen molar-refractivity contribution in [2.75, 3.05) is 98.3 Å². The summed E-state index contributed by atoms with van der Waals surface area (Å²) in [4.78, 5) is 7.46. The highest BCUT2D eigenvalue weighted by atomic mass is 28.4. The third-order valence-electron chi connectivity index (χ3n) is 12.2. The summed E-state index contributed by atoms with van der Waals surface area (Å²) >= 11 is 0. The molecule has 0 aromatic rings. The van der Waals surface area contributed by atoms with E-state index in [0.717, 1.165) is 142 Å². The molecule has 0 radical (unpaired) electrons. The highest BCUT2D eigenvalue weighted by molar-refractivity contribution is 6.84. The summed E-state index contributed by atoms with van der Waals surface area (Å²) in [6, 6.07) is 5.00. The molecule has 3 atom stereocenters. The molecule has 0 spiro atoms. The van der Waals surface area contributed by atoms with E-state index in [-0.39, 0.29) is 5.92 Å². The molecule has 3 unspecified atom stereocenters. The molecule has 3 N–H and O–H groups in total. The molecule has 0 aliphatic carbocycles. The maximum atomic E-state index is 10.7. The lowest BCUT2D eigenvalue weighted by molar-refractivity contribution is 0.00713. The number of nitrogens with zero attached hydrogens (tertiary/aromatic N) is 4. The molecule has 2 fully saturated rings. The maximum Gasteiger partial charge on any atom is 0.173 e. The second-order valence-electron chi connectivity index (χ2n) is 19.4. The Morgan fingerprint density at radius 3 is 2.07 bits per heavy atom. The molecule has 2 aliphatic rings. The Bertz CT molecular complexity index is 1080. The van der Waals surface area contributed by atoms with Crippen molar-refractivity contribution < 1.29 is 14.0 Å². The van der Waals surface area contributed by atoms with Crippen LogP contribution in [0.15, 0.2) is 24.8 Å². The topological polar surface area (TPSA) is 96.3 Å². The molecule has 2 heterocycles. The van der Waals surface area contributed by atoms with E-state index < -0.39 is 22.7 Å².